The van der Waals surface area contributed by atoms with Gasteiger partial charge in [-0.3, -0.25) is 9.98 Å². The molecule has 0 amide bonds. The molecule has 0 saturated carbocycles. The molecule has 0 saturated heterocycles. The zero-order valence-corrected chi connectivity index (χ0v) is 32.6. The van der Waals surface area contributed by atoms with Crippen molar-refractivity contribution in [2.24, 2.45) is 20.3 Å². The van der Waals surface area contributed by atoms with Crippen molar-refractivity contribution in [2.45, 2.75) is 116 Å². The molecule has 0 aromatic heterocycles. The molecule has 0 fully saturated rings. The minimum absolute atomic E-state index is 0. The number of likely N-dealkylation sites (N-methyl/N-ethyl adjacent to an activating group) is 2. The molecule has 8 nitrogen and oxygen atoms in total. The molecule has 0 atom stereocenters. The fraction of sp³-hybridized carbons (Fsp3) is 0.610. The Balaban J connectivity index is 0.000000487. The Morgan fingerprint density at radius 2 is 0.920 bits per heavy atom. The number of hydrogen-bond acceptors (Lipinski definition) is 8. The third-order valence-electron chi connectivity index (χ3n) is 10.5. The van der Waals surface area contributed by atoms with Gasteiger partial charge in [0, 0.05) is 38.3 Å². The molecule has 0 aliphatic carbocycles. The summed E-state index contributed by atoms with van der Waals surface area (Å²) in [5, 5.41) is 9.02. The van der Waals surface area contributed by atoms with Gasteiger partial charge in [0.25, 0.3) is 0 Å². The SMILES string of the molecule is C.CCCCCCON=C(C1=NCCN1C)c1c(C)c(C)c(C)c(C)c1C.CCON=C(C1=NCCN1C)c1c(C)c(C)c(C)c(C)c1C.[InH3]. The molecule has 0 N–H and O–H groups in total. The van der Waals surface area contributed by atoms with E-state index in [-0.39, 0.29) is 33.3 Å². The maximum absolute atomic E-state index is 5.76. The Hall–Kier alpha value is -2.81. The molecule has 0 unspecified atom stereocenters. The van der Waals surface area contributed by atoms with E-state index in [1.807, 2.05) is 6.92 Å². The van der Waals surface area contributed by atoms with Crippen LogP contribution < -0.4 is 0 Å². The Bertz CT molecular complexity index is 1530. The molecule has 9 heteroatoms. The van der Waals surface area contributed by atoms with Crippen LogP contribution in [0.25, 0.3) is 0 Å². The van der Waals surface area contributed by atoms with E-state index in [1.54, 1.807) is 0 Å². The average Bonchev–Trinajstić information content (AvgIpc) is 3.70. The number of oxime groups is 2. The molecule has 0 spiro atoms. The molecule has 2 aromatic rings. The first-order valence-corrected chi connectivity index (χ1v) is 17.9. The third-order valence-corrected chi connectivity index (χ3v) is 10.5. The van der Waals surface area contributed by atoms with E-state index >= 15 is 0 Å². The van der Waals surface area contributed by atoms with Crippen LogP contribution in [0.5, 0.6) is 0 Å². The van der Waals surface area contributed by atoms with Gasteiger partial charge in [-0.05, 0) is 145 Å². The molecule has 2 aromatic carbocycles. The fourth-order valence-corrected chi connectivity index (χ4v) is 6.52. The van der Waals surface area contributed by atoms with E-state index in [1.165, 1.54) is 86.0 Å². The van der Waals surface area contributed by atoms with Gasteiger partial charge in [0.2, 0.25) is 0 Å². The second-order valence-electron chi connectivity index (χ2n) is 13.4. The Kier molecular flexibility index (Phi) is 18.9. The maximum atomic E-state index is 5.76. The van der Waals surface area contributed by atoms with Crippen molar-refractivity contribution in [1.82, 2.24) is 9.80 Å². The first-order chi connectivity index (χ1) is 22.8. The first kappa shape index (κ1) is 45.2. The predicted molar refractivity (Wildman–Crippen MR) is 222 cm³/mol. The van der Waals surface area contributed by atoms with Gasteiger partial charge in [-0.25, -0.2) is 0 Å². The van der Waals surface area contributed by atoms with Crippen molar-refractivity contribution in [3.63, 3.8) is 0 Å². The summed E-state index contributed by atoms with van der Waals surface area (Å²) in [6.45, 7) is 30.8. The van der Waals surface area contributed by atoms with Gasteiger partial charge in [0.15, 0.2) is 23.1 Å². The normalized spacial score (nSPS) is 14.4. The van der Waals surface area contributed by atoms with E-state index in [9.17, 15) is 0 Å². The van der Waals surface area contributed by atoms with Crippen LogP contribution in [0.1, 0.15) is 114 Å². The number of unbranched alkanes of at least 4 members (excludes halogenated alkanes) is 3. The molecule has 4 rings (SSSR count). The molecular formula is C41H69InN6O2. The Labute approximate surface area is 323 Å². The van der Waals surface area contributed by atoms with Crippen molar-refractivity contribution >= 4 is 48.9 Å². The predicted octanol–water partition coefficient (Wildman–Crippen LogP) is 7.64. The number of rotatable bonds is 12. The molecule has 278 valence electrons. The first-order valence-electron chi connectivity index (χ1n) is 17.9. The molecule has 0 bridgehead atoms. The van der Waals surface area contributed by atoms with Gasteiger partial charge >= 0.3 is 25.8 Å². The van der Waals surface area contributed by atoms with Gasteiger partial charge in [-0.2, -0.15) is 0 Å². The topological polar surface area (TPSA) is 74.4 Å². The summed E-state index contributed by atoms with van der Waals surface area (Å²) in [5.74, 6) is 1.88. The van der Waals surface area contributed by atoms with Gasteiger partial charge < -0.3 is 19.5 Å². The number of benzene rings is 2. The van der Waals surface area contributed by atoms with Crippen LogP contribution >= 0.6 is 0 Å². The van der Waals surface area contributed by atoms with Crippen LogP contribution in [-0.4, -0.2) is 112 Å². The summed E-state index contributed by atoms with van der Waals surface area (Å²) in [6, 6.07) is 0. The number of aliphatic imine (C=N–C) groups is 2. The molecular weight excluding hydrogens is 723 g/mol. The van der Waals surface area contributed by atoms with Crippen LogP contribution in [0.4, 0.5) is 0 Å². The summed E-state index contributed by atoms with van der Waals surface area (Å²) in [4.78, 5) is 24.9. The molecule has 0 radical (unpaired) electrons. The van der Waals surface area contributed by atoms with E-state index in [2.05, 4.69) is 115 Å². The van der Waals surface area contributed by atoms with E-state index in [0.717, 1.165) is 55.7 Å². The summed E-state index contributed by atoms with van der Waals surface area (Å²) < 4.78 is 0. The zero-order chi connectivity index (χ0) is 35.7. The van der Waals surface area contributed by atoms with Crippen LogP contribution in [0.2, 0.25) is 0 Å². The van der Waals surface area contributed by atoms with Gasteiger partial charge in [0.1, 0.15) is 13.2 Å². The standard InChI is InChI=1S/C22H35N3O.C18H27N3O.CH4.In.3H/c1-8-9-10-11-14-26-24-21(22-23-12-13-25(22)7)20-18(5)16(3)15(2)17(4)19(20)6;1-8-22-20-17(18-19-9-10-21(18)7)16-14(5)12(3)11(2)13(4)15(16)6;;;;;/h8-14H2,1-7H3;8-10H2,1-7H3;1H4;;;;. The number of amidine groups is 2. The zero-order valence-electron chi connectivity index (χ0n) is 32.6. The van der Waals surface area contributed by atoms with Crippen molar-refractivity contribution in [2.75, 3.05) is 53.5 Å². The van der Waals surface area contributed by atoms with Gasteiger partial charge in [0.05, 0.1) is 13.1 Å². The van der Waals surface area contributed by atoms with Crippen LogP contribution in [0, 0.1) is 69.2 Å². The molecule has 2 aliphatic rings. The summed E-state index contributed by atoms with van der Waals surface area (Å²) in [6.07, 6.45) is 4.74. The average molecular weight is 793 g/mol. The summed E-state index contributed by atoms with van der Waals surface area (Å²) >= 11 is 0. The monoisotopic (exact) mass is 792 g/mol. The van der Waals surface area contributed by atoms with Crippen molar-refractivity contribution in [3.8, 4) is 0 Å². The third kappa shape index (κ3) is 10.2. The quantitative estimate of drug-likeness (QED) is 0.126. The second-order valence-corrected chi connectivity index (χ2v) is 13.4. The van der Waals surface area contributed by atoms with Gasteiger partial charge in [-0.1, -0.05) is 37.5 Å². The van der Waals surface area contributed by atoms with Crippen LogP contribution in [0.15, 0.2) is 20.3 Å². The number of hydrogen-bond donors (Lipinski definition) is 0. The molecule has 50 heavy (non-hydrogen) atoms. The Morgan fingerprint density at radius 1 is 0.560 bits per heavy atom. The van der Waals surface area contributed by atoms with Crippen molar-refractivity contribution in [3.05, 3.63) is 66.8 Å². The number of nitrogens with zero attached hydrogens (tertiary/aromatic N) is 6. The van der Waals surface area contributed by atoms with Crippen LogP contribution in [-0.2, 0) is 9.68 Å². The van der Waals surface area contributed by atoms with Crippen molar-refractivity contribution < 1.29 is 9.68 Å². The summed E-state index contributed by atoms with van der Waals surface area (Å²) in [5.41, 5.74) is 17.2. The minimum atomic E-state index is 0. The summed E-state index contributed by atoms with van der Waals surface area (Å²) in [7, 11) is 4.15. The fourth-order valence-electron chi connectivity index (χ4n) is 6.52. The van der Waals surface area contributed by atoms with Gasteiger partial charge in [-0.15, -0.1) is 0 Å². The second kappa shape index (κ2) is 20.9. The Morgan fingerprint density at radius 3 is 1.24 bits per heavy atom. The molecule has 2 aliphatic heterocycles. The van der Waals surface area contributed by atoms with Crippen molar-refractivity contribution in [1.29, 1.82) is 0 Å². The van der Waals surface area contributed by atoms with Crippen LogP contribution in [0.3, 0.4) is 0 Å². The molecule has 2 heterocycles. The van der Waals surface area contributed by atoms with E-state index in [0.29, 0.717) is 13.2 Å². The van der Waals surface area contributed by atoms with E-state index < -0.39 is 0 Å². The van der Waals surface area contributed by atoms with E-state index in [4.69, 9.17) is 14.7 Å².